The zero-order chi connectivity index (χ0) is 21.8. The number of nitro benzene ring substituents is 1. The molecule has 1 aromatic heterocycles. The molecule has 1 fully saturated rings. The van der Waals surface area contributed by atoms with Gasteiger partial charge in [-0.2, -0.15) is 0 Å². The van der Waals surface area contributed by atoms with Gasteiger partial charge in [-0.1, -0.05) is 6.07 Å². The Morgan fingerprint density at radius 3 is 2.48 bits per heavy atom. The van der Waals surface area contributed by atoms with Gasteiger partial charge in [-0.15, -0.1) is 0 Å². The van der Waals surface area contributed by atoms with E-state index in [9.17, 15) is 18.5 Å². The third-order valence-electron chi connectivity index (χ3n) is 5.35. The van der Waals surface area contributed by atoms with Gasteiger partial charge in [0.05, 0.1) is 16.2 Å². The normalized spacial score (nSPS) is 15.2. The molecule has 0 aliphatic carbocycles. The highest BCUT2D eigenvalue weighted by atomic mass is 32.2. The summed E-state index contributed by atoms with van der Waals surface area (Å²) in [6.45, 7) is 3.38. The van der Waals surface area contributed by atoms with Crippen LogP contribution in [-0.4, -0.2) is 61.7 Å². The minimum absolute atomic E-state index is 0.00953. The van der Waals surface area contributed by atoms with E-state index in [4.69, 9.17) is 0 Å². The topological polar surface area (TPSA) is 109 Å². The lowest BCUT2D eigenvalue weighted by atomic mass is 10.2. The van der Waals surface area contributed by atoms with Crippen LogP contribution in [-0.2, 0) is 10.0 Å². The number of nitro groups is 1. The first-order valence-electron chi connectivity index (χ1n) is 9.97. The van der Waals surface area contributed by atoms with Crippen LogP contribution in [0.1, 0.15) is 0 Å². The van der Waals surface area contributed by atoms with Crippen molar-refractivity contribution >= 4 is 38.0 Å². The second-order valence-electron chi connectivity index (χ2n) is 7.43. The number of aromatic nitrogens is 1. The van der Waals surface area contributed by atoms with Crippen LogP contribution in [0.5, 0.6) is 0 Å². The smallest absolute Gasteiger partial charge is 0.269 e. The summed E-state index contributed by atoms with van der Waals surface area (Å²) in [6, 6.07) is 15.5. The Morgan fingerprint density at radius 1 is 1.03 bits per heavy atom. The fraction of sp³-hybridized carbons (Fsp3) is 0.286. The largest absolute Gasteiger partial charge is 0.369 e. The Kier molecular flexibility index (Phi) is 6.01. The minimum atomic E-state index is -3.47. The van der Waals surface area contributed by atoms with E-state index in [1.807, 2.05) is 12.1 Å². The van der Waals surface area contributed by atoms with Crippen LogP contribution in [0.15, 0.2) is 60.8 Å². The maximum absolute atomic E-state index is 12.5. The van der Waals surface area contributed by atoms with Gasteiger partial charge in [0.2, 0.25) is 10.0 Å². The molecule has 0 spiro atoms. The van der Waals surface area contributed by atoms with Crippen LogP contribution in [0.3, 0.4) is 0 Å². The number of non-ortho nitro benzene ring substituents is 1. The quantitative estimate of drug-likeness (QED) is 0.443. The SMILES string of the molecule is O=[N+]([O-])c1ccc(N2CCN(CCS(=O)(=O)Nc3ccc4ncccc4c3)CC2)cc1. The number of hydrogen-bond donors (Lipinski definition) is 1. The van der Waals surface area contributed by atoms with E-state index in [-0.39, 0.29) is 11.4 Å². The third kappa shape index (κ3) is 5.28. The first-order valence-corrected chi connectivity index (χ1v) is 11.6. The number of rotatable bonds is 7. The summed E-state index contributed by atoms with van der Waals surface area (Å²) in [5, 5.41) is 11.7. The van der Waals surface area contributed by atoms with Crippen molar-refractivity contribution in [3.63, 3.8) is 0 Å². The fourth-order valence-corrected chi connectivity index (χ4v) is 4.72. The van der Waals surface area contributed by atoms with Crippen LogP contribution in [0.25, 0.3) is 10.9 Å². The van der Waals surface area contributed by atoms with Crippen molar-refractivity contribution in [3.05, 3.63) is 70.9 Å². The monoisotopic (exact) mass is 441 g/mol. The number of benzene rings is 2. The zero-order valence-electron chi connectivity index (χ0n) is 16.8. The standard InChI is InChI=1S/C21H23N5O4S/c27-26(28)20-6-4-19(5-7-20)25-12-10-24(11-13-25)14-15-31(29,30)23-18-3-8-21-17(16-18)2-1-9-22-21/h1-9,16,23H,10-15H2. The van der Waals surface area contributed by atoms with Gasteiger partial charge in [0.15, 0.2) is 0 Å². The van der Waals surface area contributed by atoms with Crippen LogP contribution < -0.4 is 9.62 Å². The number of nitrogens with one attached hydrogen (secondary N) is 1. The van der Waals surface area contributed by atoms with Crippen molar-refractivity contribution in [2.24, 2.45) is 0 Å². The number of piperazine rings is 1. The molecular weight excluding hydrogens is 418 g/mol. The van der Waals surface area contributed by atoms with Crippen LogP contribution >= 0.6 is 0 Å². The molecule has 1 aliphatic heterocycles. The molecule has 1 aliphatic rings. The summed E-state index contributed by atoms with van der Waals surface area (Å²) < 4.78 is 27.7. The second kappa shape index (κ2) is 8.86. The first-order chi connectivity index (χ1) is 14.9. The van der Waals surface area contributed by atoms with Crippen molar-refractivity contribution in [2.45, 2.75) is 0 Å². The molecule has 162 valence electrons. The van der Waals surface area contributed by atoms with E-state index >= 15 is 0 Å². The molecule has 0 amide bonds. The Morgan fingerprint density at radius 2 is 1.77 bits per heavy atom. The average molecular weight is 442 g/mol. The van der Waals surface area contributed by atoms with Crippen LogP contribution in [0.4, 0.5) is 17.1 Å². The van der Waals surface area contributed by atoms with Crippen LogP contribution in [0.2, 0.25) is 0 Å². The molecule has 2 aromatic carbocycles. The molecule has 0 radical (unpaired) electrons. The van der Waals surface area contributed by atoms with Crippen molar-refractivity contribution in [3.8, 4) is 0 Å². The van der Waals surface area contributed by atoms with E-state index in [1.165, 1.54) is 12.1 Å². The average Bonchev–Trinajstić information content (AvgIpc) is 2.78. The molecular formula is C21H23N5O4S. The molecule has 2 heterocycles. The van der Waals surface area contributed by atoms with Gasteiger partial charge >= 0.3 is 0 Å². The molecule has 1 saturated heterocycles. The number of hydrogen-bond acceptors (Lipinski definition) is 7. The summed E-state index contributed by atoms with van der Waals surface area (Å²) in [4.78, 5) is 18.9. The summed E-state index contributed by atoms with van der Waals surface area (Å²) in [5.41, 5.74) is 2.35. The molecule has 31 heavy (non-hydrogen) atoms. The molecule has 0 unspecified atom stereocenters. The molecule has 0 bridgehead atoms. The molecule has 4 rings (SSSR count). The van der Waals surface area contributed by atoms with E-state index in [1.54, 1.807) is 36.5 Å². The highest BCUT2D eigenvalue weighted by Crippen LogP contribution is 2.21. The van der Waals surface area contributed by atoms with Gasteiger partial charge in [-0.3, -0.25) is 24.7 Å². The van der Waals surface area contributed by atoms with E-state index in [2.05, 4.69) is 19.5 Å². The maximum atomic E-state index is 12.5. The number of pyridine rings is 1. The Balaban J connectivity index is 1.28. The molecule has 0 atom stereocenters. The molecule has 3 aromatic rings. The van der Waals surface area contributed by atoms with Crippen molar-refractivity contribution in [1.29, 1.82) is 0 Å². The summed E-state index contributed by atoms with van der Waals surface area (Å²) in [6.07, 6.45) is 1.70. The Labute approximate surface area is 180 Å². The highest BCUT2D eigenvalue weighted by Gasteiger charge is 2.20. The molecule has 10 heteroatoms. The van der Waals surface area contributed by atoms with Gasteiger partial charge in [0.25, 0.3) is 5.69 Å². The van der Waals surface area contributed by atoms with Gasteiger partial charge in [-0.25, -0.2) is 8.42 Å². The Bertz CT molecular complexity index is 1180. The zero-order valence-corrected chi connectivity index (χ0v) is 17.7. The highest BCUT2D eigenvalue weighted by molar-refractivity contribution is 7.92. The molecule has 1 N–H and O–H groups in total. The van der Waals surface area contributed by atoms with Gasteiger partial charge in [-0.05, 0) is 36.4 Å². The number of anilines is 2. The molecule has 9 nitrogen and oxygen atoms in total. The first kappa shape index (κ1) is 21.0. The van der Waals surface area contributed by atoms with Crippen molar-refractivity contribution in [2.75, 3.05) is 48.1 Å². The lowest BCUT2D eigenvalue weighted by molar-refractivity contribution is -0.384. The van der Waals surface area contributed by atoms with E-state index in [0.29, 0.717) is 12.2 Å². The van der Waals surface area contributed by atoms with Crippen molar-refractivity contribution in [1.82, 2.24) is 9.88 Å². The summed E-state index contributed by atoms with van der Waals surface area (Å²) >= 11 is 0. The van der Waals surface area contributed by atoms with E-state index < -0.39 is 14.9 Å². The number of fused-ring (bicyclic) bond motifs is 1. The van der Waals surface area contributed by atoms with Gasteiger partial charge in [0.1, 0.15) is 0 Å². The predicted octanol–water partition coefficient (Wildman–Crippen LogP) is 2.71. The predicted molar refractivity (Wildman–Crippen MR) is 121 cm³/mol. The van der Waals surface area contributed by atoms with Crippen molar-refractivity contribution < 1.29 is 13.3 Å². The Hall–Kier alpha value is -3.24. The van der Waals surface area contributed by atoms with E-state index in [0.717, 1.165) is 42.8 Å². The minimum Gasteiger partial charge on any atom is -0.369 e. The number of nitrogens with zero attached hydrogens (tertiary/aromatic N) is 4. The summed E-state index contributed by atoms with van der Waals surface area (Å²) in [5.74, 6) is 0.00953. The molecule has 0 saturated carbocycles. The summed E-state index contributed by atoms with van der Waals surface area (Å²) in [7, 11) is -3.47. The number of sulfonamides is 1. The second-order valence-corrected chi connectivity index (χ2v) is 9.28. The maximum Gasteiger partial charge on any atom is 0.269 e. The lowest BCUT2D eigenvalue weighted by Crippen LogP contribution is -2.47. The van der Waals surface area contributed by atoms with Gasteiger partial charge < -0.3 is 4.90 Å². The van der Waals surface area contributed by atoms with Crippen LogP contribution in [0, 0.1) is 10.1 Å². The third-order valence-corrected chi connectivity index (χ3v) is 6.62. The lowest BCUT2D eigenvalue weighted by Gasteiger charge is -2.36. The van der Waals surface area contributed by atoms with Gasteiger partial charge in [0, 0.05) is 67.8 Å². The fourth-order valence-electron chi connectivity index (χ4n) is 3.63.